The van der Waals surface area contributed by atoms with Crippen LogP contribution in [0.15, 0.2) is 46.0 Å². The number of aryl methyl sites for hydroxylation is 1. The SMILES string of the molecule is Cc1ccc(S(=O)(=O)Nc2cncc(C(=O)O)c2)c(Br)c1. The number of halogens is 1. The first-order valence-corrected chi connectivity index (χ1v) is 8.04. The van der Waals surface area contributed by atoms with Crippen LogP contribution in [0.5, 0.6) is 0 Å². The Morgan fingerprint density at radius 1 is 1.29 bits per heavy atom. The number of sulfonamides is 1. The molecule has 21 heavy (non-hydrogen) atoms. The van der Waals surface area contributed by atoms with E-state index in [1.165, 1.54) is 18.3 Å². The molecular formula is C13H11BrN2O4S. The van der Waals surface area contributed by atoms with Gasteiger partial charge in [-0.25, -0.2) is 13.2 Å². The summed E-state index contributed by atoms with van der Waals surface area (Å²) in [5.41, 5.74) is 0.899. The largest absolute Gasteiger partial charge is 0.478 e. The van der Waals surface area contributed by atoms with Crippen molar-refractivity contribution in [2.24, 2.45) is 0 Å². The predicted molar refractivity (Wildman–Crippen MR) is 80.9 cm³/mol. The molecule has 2 N–H and O–H groups in total. The van der Waals surface area contributed by atoms with Crippen molar-refractivity contribution in [1.82, 2.24) is 4.98 Å². The highest BCUT2D eigenvalue weighted by Gasteiger charge is 2.18. The van der Waals surface area contributed by atoms with Crippen LogP contribution < -0.4 is 4.72 Å². The number of carboxylic acids is 1. The molecule has 0 atom stereocenters. The number of aromatic carboxylic acids is 1. The zero-order valence-corrected chi connectivity index (χ0v) is 13.3. The smallest absolute Gasteiger partial charge is 0.337 e. The van der Waals surface area contributed by atoms with Gasteiger partial charge in [-0.1, -0.05) is 6.07 Å². The third-order valence-electron chi connectivity index (χ3n) is 2.61. The number of nitrogens with one attached hydrogen (secondary N) is 1. The van der Waals surface area contributed by atoms with Crippen molar-refractivity contribution in [3.05, 3.63) is 52.3 Å². The normalized spacial score (nSPS) is 11.1. The van der Waals surface area contributed by atoms with E-state index in [4.69, 9.17) is 5.11 Å². The molecule has 2 aromatic rings. The summed E-state index contributed by atoms with van der Waals surface area (Å²) < 4.78 is 27.3. The summed E-state index contributed by atoms with van der Waals surface area (Å²) in [6.45, 7) is 1.84. The summed E-state index contributed by atoms with van der Waals surface area (Å²) >= 11 is 3.21. The van der Waals surface area contributed by atoms with Crippen molar-refractivity contribution >= 4 is 37.6 Å². The fourth-order valence-electron chi connectivity index (χ4n) is 1.65. The molecule has 1 heterocycles. The van der Waals surface area contributed by atoms with Crippen molar-refractivity contribution in [2.45, 2.75) is 11.8 Å². The zero-order valence-electron chi connectivity index (χ0n) is 10.9. The molecular weight excluding hydrogens is 360 g/mol. The van der Waals surface area contributed by atoms with Gasteiger partial charge in [-0.2, -0.15) is 0 Å². The summed E-state index contributed by atoms with van der Waals surface area (Å²) in [6.07, 6.45) is 2.38. The molecule has 0 saturated carbocycles. The van der Waals surface area contributed by atoms with E-state index >= 15 is 0 Å². The zero-order chi connectivity index (χ0) is 15.6. The number of hydrogen-bond donors (Lipinski definition) is 2. The van der Waals surface area contributed by atoms with Crippen LogP contribution in [0.4, 0.5) is 5.69 Å². The van der Waals surface area contributed by atoms with E-state index in [0.717, 1.165) is 11.8 Å². The molecule has 0 aliphatic carbocycles. The van der Waals surface area contributed by atoms with Crippen LogP contribution in [0.25, 0.3) is 0 Å². The highest BCUT2D eigenvalue weighted by molar-refractivity contribution is 9.10. The predicted octanol–water partition coefficient (Wildman–Crippen LogP) is 2.65. The van der Waals surface area contributed by atoms with Gasteiger partial charge in [0.05, 0.1) is 17.4 Å². The van der Waals surface area contributed by atoms with Crippen LogP contribution in [0, 0.1) is 6.92 Å². The van der Waals surface area contributed by atoms with Gasteiger partial charge in [0, 0.05) is 10.7 Å². The molecule has 1 aromatic heterocycles. The number of aromatic nitrogens is 1. The maximum Gasteiger partial charge on any atom is 0.337 e. The quantitative estimate of drug-likeness (QED) is 0.862. The fraction of sp³-hybridized carbons (Fsp3) is 0.0769. The van der Waals surface area contributed by atoms with E-state index in [0.29, 0.717) is 4.47 Å². The van der Waals surface area contributed by atoms with Gasteiger partial charge in [0.2, 0.25) is 0 Å². The number of carboxylic acid groups (broad SMARTS) is 1. The highest BCUT2D eigenvalue weighted by atomic mass is 79.9. The topological polar surface area (TPSA) is 96.4 Å². The van der Waals surface area contributed by atoms with Gasteiger partial charge in [0.1, 0.15) is 4.90 Å². The average molecular weight is 371 g/mol. The summed E-state index contributed by atoms with van der Waals surface area (Å²) in [5.74, 6) is -1.18. The minimum absolute atomic E-state index is 0.0637. The molecule has 0 amide bonds. The summed E-state index contributed by atoms with van der Waals surface area (Å²) in [6, 6.07) is 6.02. The van der Waals surface area contributed by atoms with Crippen LogP contribution in [-0.4, -0.2) is 24.5 Å². The molecule has 0 fully saturated rings. The lowest BCUT2D eigenvalue weighted by atomic mass is 10.2. The molecule has 2 rings (SSSR count). The third-order valence-corrected chi connectivity index (χ3v) is 4.97. The van der Waals surface area contributed by atoms with Crippen LogP contribution >= 0.6 is 15.9 Å². The Morgan fingerprint density at radius 2 is 2.00 bits per heavy atom. The van der Waals surface area contributed by atoms with E-state index in [2.05, 4.69) is 25.6 Å². The van der Waals surface area contributed by atoms with Crippen LogP contribution in [-0.2, 0) is 10.0 Å². The maximum absolute atomic E-state index is 12.3. The monoisotopic (exact) mass is 370 g/mol. The van der Waals surface area contributed by atoms with E-state index in [9.17, 15) is 13.2 Å². The summed E-state index contributed by atoms with van der Waals surface area (Å²) in [4.78, 5) is 14.6. The molecule has 0 spiro atoms. The van der Waals surface area contributed by atoms with Gasteiger partial charge in [-0.05, 0) is 46.6 Å². The van der Waals surface area contributed by atoms with E-state index in [1.54, 1.807) is 12.1 Å². The van der Waals surface area contributed by atoms with Crippen LogP contribution in [0.3, 0.4) is 0 Å². The molecule has 0 unspecified atom stereocenters. The number of nitrogens with zero attached hydrogens (tertiary/aromatic N) is 1. The Labute approximate surface area is 130 Å². The Bertz CT molecular complexity index is 806. The molecule has 0 bridgehead atoms. The first-order chi connectivity index (χ1) is 9.79. The van der Waals surface area contributed by atoms with Crippen molar-refractivity contribution in [3.63, 3.8) is 0 Å². The molecule has 0 aliphatic rings. The van der Waals surface area contributed by atoms with Gasteiger partial charge < -0.3 is 5.11 Å². The lowest BCUT2D eigenvalue weighted by Gasteiger charge is -2.10. The second-order valence-corrected chi connectivity index (χ2v) is 6.81. The standard InChI is InChI=1S/C13H11BrN2O4S/c1-8-2-3-12(11(14)4-8)21(19,20)16-10-5-9(13(17)18)6-15-7-10/h2-7,16H,1H3,(H,17,18). The summed E-state index contributed by atoms with van der Waals surface area (Å²) in [7, 11) is -3.83. The molecule has 0 aliphatic heterocycles. The van der Waals surface area contributed by atoms with Crippen molar-refractivity contribution in [2.75, 3.05) is 4.72 Å². The van der Waals surface area contributed by atoms with E-state index in [1.807, 2.05) is 6.92 Å². The average Bonchev–Trinajstić information content (AvgIpc) is 2.37. The number of pyridine rings is 1. The van der Waals surface area contributed by atoms with Gasteiger partial charge >= 0.3 is 5.97 Å². The number of benzene rings is 1. The lowest BCUT2D eigenvalue weighted by Crippen LogP contribution is -2.14. The minimum Gasteiger partial charge on any atom is -0.478 e. The Hall–Kier alpha value is -1.93. The van der Waals surface area contributed by atoms with Crippen LogP contribution in [0.2, 0.25) is 0 Å². The third kappa shape index (κ3) is 3.59. The van der Waals surface area contributed by atoms with Gasteiger partial charge in [-0.15, -0.1) is 0 Å². The van der Waals surface area contributed by atoms with Crippen LogP contribution in [0.1, 0.15) is 15.9 Å². The van der Waals surface area contributed by atoms with E-state index in [-0.39, 0.29) is 16.1 Å². The maximum atomic E-state index is 12.3. The second kappa shape index (κ2) is 5.82. The number of anilines is 1. The first kappa shape index (κ1) is 15.5. The van der Waals surface area contributed by atoms with Gasteiger partial charge in [0.15, 0.2) is 0 Å². The number of hydrogen-bond acceptors (Lipinski definition) is 4. The molecule has 0 radical (unpaired) electrons. The molecule has 110 valence electrons. The van der Waals surface area contributed by atoms with Crippen molar-refractivity contribution in [1.29, 1.82) is 0 Å². The number of carbonyl (C=O) groups is 1. The second-order valence-electron chi connectivity index (χ2n) is 4.31. The summed E-state index contributed by atoms with van der Waals surface area (Å²) in [5, 5.41) is 8.87. The molecule has 8 heteroatoms. The molecule has 0 saturated heterocycles. The highest BCUT2D eigenvalue weighted by Crippen LogP contribution is 2.25. The minimum atomic E-state index is -3.83. The molecule has 6 nitrogen and oxygen atoms in total. The Balaban J connectivity index is 2.37. The number of rotatable bonds is 4. The van der Waals surface area contributed by atoms with Crippen molar-refractivity contribution in [3.8, 4) is 0 Å². The first-order valence-electron chi connectivity index (χ1n) is 5.77. The fourth-order valence-corrected chi connectivity index (χ4v) is 3.87. The van der Waals surface area contributed by atoms with Gasteiger partial charge in [0.25, 0.3) is 10.0 Å². The van der Waals surface area contributed by atoms with Gasteiger partial charge in [-0.3, -0.25) is 9.71 Å². The molecule has 1 aromatic carbocycles. The Morgan fingerprint density at radius 3 is 2.62 bits per heavy atom. The van der Waals surface area contributed by atoms with E-state index < -0.39 is 16.0 Å². The van der Waals surface area contributed by atoms with Crippen molar-refractivity contribution < 1.29 is 18.3 Å². The Kier molecular flexibility index (Phi) is 4.29. The lowest BCUT2D eigenvalue weighted by molar-refractivity contribution is 0.0696.